The Bertz CT molecular complexity index is 367. The molecule has 0 aromatic carbocycles. The molecular formula is C12H20BrN3O. The van der Waals surface area contributed by atoms with Gasteiger partial charge in [0.05, 0.1) is 11.4 Å². The second kappa shape index (κ2) is 5.96. The lowest BCUT2D eigenvalue weighted by Gasteiger charge is -2.17. The van der Waals surface area contributed by atoms with Crippen molar-refractivity contribution < 1.29 is 4.74 Å². The summed E-state index contributed by atoms with van der Waals surface area (Å²) in [5.74, 6) is 2.57. The fourth-order valence-corrected chi connectivity index (χ4v) is 2.95. The molecular weight excluding hydrogens is 282 g/mol. The summed E-state index contributed by atoms with van der Waals surface area (Å²) in [5, 5.41) is 9.43. The molecule has 1 aromatic rings. The zero-order valence-corrected chi connectivity index (χ0v) is 12.1. The van der Waals surface area contributed by atoms with Gasteiger partial charge in [0.25, 0.3) is 0 Å². The first-order chi connectivity index (χ1) is 8.31. The SMILES string of the molecule is CCCn1c(CBr)nnc1C1CCOC1CC. The van der Waals surface area contributed by atoms with Crippen molar-refractivity contribution in [2.24, 2.45) is 0 Å². The van der Waals surface area contributed by atoms with Crippen LogP contribution in [0.25, 0.3) is 0 Å². The second-order valence-electron chi connectivity index (χ2n) is 4.47. The van der Waals surface area contributed by atoms with E-state index >= 15 is 0 Å². The summed E-state index contributed by atoms with van der Waals surface area (Å²) in [7, 11) is 0. The molecule has 2 rings (SSSR count). The topological polar surface area (TPSA) is 39.9 Å². The van der Waals surface area contributed by atoms with Gasteiger partial charge in [0.2, 0.25) is 0 Å². The van der Waals surface area contributed by atoms with E-state index in [1.54, 1.807) is 0 Å². The molecule has 0 aliphatic carbocycles. The molecule has 1 fully saturated rings. The maximum Gasteiger partial charge on any atom is 0.143 e. The zero-order chi connectivity index (χ0) is 12.3. The summed E-state index contributed by atoms with van der Waals surface area (Å²) in [5.41, 5.74) is 0. The minimum Gasteiger partial charge on any atom is -0.377 e. The maximum atomic E-state index is 5.75. The van der Waals surface area contributed by atoms with Gasteiger partial charge >= 0.3 is 0 Å². The van der Waals surface area contributed by atoms with Crippen molar-refractivity contribution in [3.63, 3.8) is 0 Å². The van der Waals surface area contributed by atoms with E-state index in [2.05, 4.69) is 44.5 Å². The van der Waals surface area contributed by atoms with Gasteiger partial charge in [-0.15, -0.1) is 10.2 Å². The van der Waals surface area contributed by atoms with Crippen LogP contribution in [-0.4, -0.2) is 27.5 Å². The molecule has 17 heavy (non-hydrogen) atoms. The third kappa shape index (κ3) is 2.55. The van der Waals surface area contributed by atoms with E-state index in [0.29, 0.717) is 12.0 Å². The van der Waals surface area contributed by atoms with Crippen LogP contribution in [0.15, 0.2) is 0 Å². The molecule has 0 spiro atoms. The maximum absolute atomic E-state index is 5.75. The summed E-state index contributed by atoms with van der Waals surface area (Å²) < 4.78 is 8.01. The normalized spacial score (nSPS) is 24.4. The fourth-order valence-electron chi connectivity index (χ4n) is 2.54. The number of hydrogen-bond donors (Lipinski definition) is 0. The van der Waals surface area contributed by atoms with Crippen molar-refractivity contribution in [3.8, 4) is 0 Å². The third-order valence-corrected chi connectivity index (χ3v) is 3.87. The van der Waals surface area contributed by atoms with Gasteiger partial charge < -0.3 is 9.30 Å². The molecule has 96 valence electrons. The van der Waals surface area contributed by atoms with E-state index < -0.39 is 0 Å². The highest BCUT2D eigenvalue weighted by atomic mass is 79.9. The molecule has 0 bridgehead atoms. The molecule has 2 atom stereocenters. The Labute approximate surface area is 111 Å². The lowest BCUT2D eigenvalue weighted by molar-refractivity contribution is 0.0988. The van der Waals surface area contributed by atoms with E-state index in [9.17, 15) is 0 Å². The molecule has 1 aliphatic heterocycles. The summed E-state index contributed by atoms with van der Waals surface area (Å²) in [4.78, 5) is 0. The molecule has 0 amide bonds. The Kier molecular flexibility index (Phi) is 4.56. The van der Waals surface area contributed by atoms with Crippen molar-refractivity contribution in [3.05, 3.63) is 11.6 Å². The first kappa shape index (κ1) is 13.0. The summed E-state index contributed by atoms with van der Waals surface area (Å²) in [6.45, 7) is 6.21. The van der Waals surface area contributed by atoms with Crippen LogP contribution in [0.2, 0.25) is 0 Å². The molecule has 1 aliphatic rings. The Morgan fingerprint density at radius 2 is 2.24 bits per heavy atom. The van der Waals surface area contributed by atoms with E-state index in [-0.39, 0.29) is 0 Å². The highest BCUT2D eigenvalue weighted by Gasteiger charge is 2.32. The average molecular weight is 302 g/mol. The molecule has 4 nitrogen and oxygen atoms in total. The molecule has 2 heterocycles. The van der Waals surface area contributed by atoms with Crippen molar-refractivity contribution >= 4 is 15.9 Å². The van der Waals surface area contributed by atoms with Crippen molar-refractivity contribution in [1.82, 2.24) is 14.8 Å². The Hall–Kier alpha value is -0.420. The Balaban J connectivity index is 2.27. The van der Waals surface area contributed by atoms with Gasteiger partial charge in [-0.25, -0.2) is 0 Å². The number of aromatic nitrogens is 3. The summed E-state index contributed by atoms with van der Waals surface area (Å²) >= 11 is 3.48. The molecule has 0 radical (unpaired) electrons. The predicted octanol–water partition coefficient (Wildman–Crippen LogP) is 2.87. The largest absolute Gasteiger partial charge is 0.377 e. The van der Waals surface area contributed by atoms with Crippen LogP contribution in [0, 0.1) is 0 Å². The van der Waals surface area contributed by atoms with Gasteiger partial charge in [0.1, 0.15) is 11.6 Å². The Morgan fingerprint density at radius 3 is 2.88 bits per heavy atom. The number of ether oxygens (including phenoxy) is 1. The first-order valence-electron chi connectivity index (χ1n) is 6.41. The van der Waals surface area contributed by atoms with E-state index in [0.717, 1.165) is 49.4 Å². The van der Waals surface area contributed by atoms with Gasteiger partial charge in [-0.1, -0.05) is 29.8 Å². The van der Waals surface area contributed by atoms with Gasteiger partial charge in [-0.3, -0.25) is 0 Å². The molecule has 0 saturated carbocycles. The summed E-state index contributed by atoms with van der Waals surface area (Å²) in [6, 6.07) is 0. The van der Waals surface area contributed by atoms with Crippen LogP contribution in [0.1, 0.15) is 50.7 Å². The number of nitrogens with zero attached hydrogens (tertiary/aromatic N) is 3. The van der Waals surface area contributed by atoms with Crippen molar-refractivity contribution in [2.75, 3.05) is 6.61 Å². The van der Waals surface area contributed by atoms with Gasteiger partial charge in [0, 0.05) is 19.1 Å². The van der Waals surface area contributed by atoms with Crippen molar-refractivity contribution in [1.29, 1.82) is 0 Å². The highest BCUT2D eigenvalue weighted by Crippen LogP contribution is 2.32. The molecule has 1 saturated heterocycles. The minimum atomic E-state index is 0.318. The Morgan fingerprint density at radius 1 is 1.41 bits per heavy atom. The molecule has 5 heteroatoms. The van der Waals surface area contributed by atoms with E-state index in [4.69, 9.17) is 4.74 Å². The standard InChI is InChI=1S/C12H20BrN3O/c1-3-6-16-11(8-13)14-15-12(16)9-5-7-17-10(9)4-2/h9-10H,3-8H2,1-2H3. The lowest BCUT2D eigenvalue weighted by Crippen LogP contribution is -2.18. The molecule has 0 N–H and O–H groups in total. The second-order valence-corrected chi connectivity index (χ2v) is 5.03. The third-order valence-electron chi connectivity index (χ3n) is 3.37. The zero-order valence-electron chi connectivity index (χ0n) is 10.5. The van der Waals surface area contributed by atoms with Crippen LogP contribution in [0.5, 0.6) is 0 Å². The van der Waals surface area contributed by atoms with Crippen molar-refractivity contribution in [2.45, 2.75) is 57.0 Å². The van der Waals surface area contributed by atoms with Gasteiger partial charge in [0.15, 0.2) is 0 Å². The number of halogens is 1. The molecule has 1 aromatic heterocycles. The average Bonchev–Trinajstić information content (AvgIpc) is 2.94. The van der Waals surface area contributed by atoms with Gasteiger partial charge in [-0.2, -0.15) is 0 Å². The van der Waals surface area contributed by atoms with Crippen LogP contribution in [0.4, 0.5) is 0 Å². The number of alkyl halides is 1. The van der Waals surface area contributed by atoms with Crippen LogP contribution in [-0.2, 0) is 16.6 Å². The van der Waals surface area contributed by atoms with Crippen LogP contribution < -0.4 is 0 Å². The summed E-state index contributed by atoms with van der Waals surface area (Å²) in [6.07, 6.45) is 3.55. The predicted molar refractivity (Wildman–Crippen MR) is 70.3 cm³/mol. The highest BCUT2D eigenvalue weighted by molar-refractivity contribution is 9.08. The van der Waals surface area contributed by atoms with Gasteiger partial charge in [-0.05, 0) is 19.3 Å². The fraction of sp³-hybridized carbons (Fsp3) is 0.833. The first-order valence-corrected chi connectivity index (χ1v) is 7.53. The number of rotatable bonds is 5. The quantitative estimate of drug-likeness (QED) is 0.785. The van der Waals surface area contributed by atoms with E-state index in [1.807, 2.05) is 0 Å². The van der Waals surface area contributed by atoms with E-state index in [1.165, 1.54) is 0 Å². The number of hydrogen-bond acceptors (Lipinski definition) is 3. The monoisotopic (exact) mass is 301 g/mol. The van der Waals surface area contributed by atoms with Crippen LogP contribution in [0.3, 0.4) is 0 Å². The lowest BCUT2D eigenvalue weighted by atomic mass is 9.98. The molecule has 2 unspecified atom stereocenters. The van der Waals surface area contributed by atoms with Crippen LogP contribution >= 0.6 is 15.9 Å². The minimum absolute atomic E-state index is 0.318. The smallest absolute Gasteiger partial charge is 0.143 e.